The first-order chi connectivity index (χ1) is 8.70. The number of benzene rings is 2. The van der Waals surface area contributed by atoms with Crippen molar-refractivity contribution in [1.82, 2.24) is 0 Å². The molecule has 0 amide bonds. The largest absolute Gasteiger partial charge is 0.399 e. The maximum absolute atomic E-state index is 5.89. The third-order valence-corrected chi connectivity index (χ3v) is 3.17. The van der Waals surface area contributed by atoms with Gasteiger partial charge in [0.2, 0.25) is 0 Å². The Bertz CT molecular complexity index is 506. The summed E-state index contributed by atoms with van der Waals surface area (Å²) in [4.78, 5) is 2.35. The molecule has 0 aliphatic heterocycles. The molecule has 0 aliphatic carbocycles. The minimum atomic E-state index is 0.821. The zero-order valence-electron chi connectivity index (χ0n) is 11.1. The van der Waals surface area contributed by atoms with Gasteiger partial charge in [-0.15, -0.1) is 0 Å². The Morgan fingerprint density at radius 1 is 1.06 bits per heavy atom. The van der Waals surface area contributed by atoms with Crippen LogP contribution in [-0.2, 0) is 6.54 Å². The highest BCUT2D eigenvalue weighted by molar-refractivity contribution is 5.61. The van der Waals surface area contributed by atoms with E-state index < -0.39 is 0 Å². The van der Waals surface area contributed by atoms with Crippen LogP contribution in [0.4, 0.5) is 11.4 Å². The lowest BCUT2D eigenvalue weighted by Gasteiger charge is -2.25. The summed E-state index contributed by atoms with van der Waals surface area (Å²) in [6, 6.07) is 16.6. The van der Waals surface area contributed by atoms with E-state index >= 15 is 0 Å². The van der Waals surface area contributed by atoms with E-state index in [1.54, 1.807) is 0 Å². The molecule has 2 nitrogen and oxygen atoms in total. The van der Waals surface area contributed by atoms with Crippen LogP contribution >= 0.6 is 0 Å². The number of aryl methyl sites for hydroxylation is 1. The van der Waals surface area contributed by atoms with Gasteiger partial charge in [0.1, 0.15) is 0 Å². The third-order valence-electron chi connectivity index (χ3n) is 3.17. The SMILES string of the molecule is CCN(Cc1ccccc1)c1cc(N)ccc1C. The molecule has 0 saturated heterocycles. The quantitative estimate of drug-likeness (QED) is 0.827. The molecule has 0 spiro atoms. The first kappa shape index (κ1) is 12.5. The van der Waals surface area contributed by atoms with E-state index in [4.69, 9.17) is 5.73 Å². The topological polar surface area (TPSA) is 29.3 Å². The Morgan fingerprint density at radius 2 is 1.78 bits per heavy atom. The number of nitrogens with two attached hydrogens (primary N) is 1. The van der Waals surface area contributed by atoms with E-state index in [2.05, 4.69) is 55.1 Å². The Labute approximate surface area is 109 Å². The monoisotopic (exact) mass is 240 g/mol. The number of hydrogen-bond acceptors (Lipinski definition) is 2. The molecular weight excluding hydrogens is 220 g/mol. The smallest absolute Gasteiger partial charge is 0.0429 e. The molecular formula is C16H20N2. The molecule has 0 aliphatic rings. The summed E-state index contributed by atoms with van der Waals surface area (Å²) in [5.41, 5.74) is 10.5. The fraction of sp³-hybridized carbons (Fsp3) is 0.250. The summed E-state index contributed by atoms with van der Waals surface area (Å²) >= 11 is 0. The minimum Gasteiger partial charge on any atom is -0.399 e. The fourth-order valence-electron chi connectivity index (χ4n) is 2.14. The first-order valence-corrected chi connectivity index (χ1v) is 6.35. The Kier molecular flexibility index (Phi) is 3.88. The molecule has 2 rings (SSSR count). The van der Waals surface area contributed by atoms with Gasteiger partial charge < -0.3 is 10.6 Å². The van der Waals surface area contributed by atoms with Gasteiger partial charge in [0.05, 0.1) is 0 Å². The van der Waals surface area contributed by atoms with Gasteiger partial charge in [-0.2, -0.15) is 0 Å². The van der Waals surface area contributed by atoms with Crippen molar-refractivity contribution in [2.75, 3.05) is 17.2 Å². The van der Waals surface area contributed by atoms with Crippen molar-refractivity contribution in [3.8, 4) is 0 Å². The molecule has 0 bridgehead atoms. The van der Waals surface area contributed by atoms with Gasteiger partial charge in [0, 0.05) is 24.5 Å². The van der Waals surface area contributed by atoms with E-state index in [9.17, 15) is 0 Å². The maximum Gasteiger partial charge on any atom is 0.0429 e. The second-order valence-corrected chi connectivity index (χ2v) is 4.55. The molecule has 0 radical (unpaired) electrons. The van der Waals surface area contributed by atoms with Crippen LogP contribution in [0, 0.1) is 6.92 Å². The molecule has 0 saturated carbocycles. The molecule has 0 unspecified atom stereocenters. The van der Waals surface area contributed by atoms with Crippen molar-refractivity contribution in [2.24, 2.45) is 0 Å². The van der Waals surface area contributed by atoms with E-state index in [1.165, 1.54) is 16.8 Å². The van der Waals surface area contributed by atoms with Crippen LogP contribution in [-0.4, -0.2) is 6.54 Å². The lowest BCUT2D eigenvalue weighted by molar-refractivity contribution is 0.828. The van der Waals surface area contributed by atoms with Gasteiger partial charge in [-0.05, 0) is 37.1 Å². The van der Waals surface area contributed by atoms with Crippen LogP contribution in [0.1, 0.15) is 18.1 Å². The van der Waals surface area contributed by atoms with Crippen molar-refractivity contribution >= 4 is 11.4 Å². The molecule has 2 N–H and O–H groups in total. The molecule has 0 heterocycles. The van der Waals surface area contributed by atoms with Crippen LogP contribution in [0.25, 0.3) is 0 Å². The van der Waals surface area contributed by atoms with Crippen molar-refractivity contribution in [3.05, 3.63) is 59.7 Å². The van der Waals surface area contributed by atoms with E-state index in [0.29, 0.717) is 0 Å². The molecule has 18 heavy (non-hydrogen) atoms. The maximum atomic E-state index is 5.89. The molecule has 0 fully saturated rings. The fourth-order valence-corrected chi connectivity index (χ4v) is 2.14. The zero-order chi connectivity index (χ0) is 13.0. The number of nitrogens with zero attached hydrogens (tertiary/aromatic N) is 1. The lowest BCUT2D eigenvalue weighted by atomic mass is 10.1. The predicted octanol–water partition coefficient (Wildman–Crippen LogP) is 3.60. The molecule has 0 aromatic heterocycles. The highest BCUT2D eigenvalue weighted by Crippen LogP contribution is 2.24. The lowest BCUT2D eigenvalue weighted by Crippen LogP contribution is -2.22. The highest BCUT2D eigenvalue weighted by atomic mass is 15.1. The highest BCUT2D eigenvalue weighted by Gasteiger charge is 2.08. The predicted molar refractivity (Wildman–Crippen MR) is 78.8 cm³/mol. The van der Waals surface area contributed by atoms with E-state index in [1.807, 2.05) is 12.1 Å². The molecule has 0 atom stereocenters. The molecule has 2 aromatic carbocycles. The Morgan fingerprint density at radius 3 is 2.44 bits per heavy atom. The van der Waals surface area contributed by atoms with Crippen molar-refractivity contribution in [1.29, 1.82) is 0 Å². The minimum absolute atomic E-state index is 0.821. The Balaban J connectivity index is 2.26. The summed E-state index contributed by atoms with van der Waals surface area (Å²) in [6.07, 6.45) is 0. The average Bonchev–Trinajstić information content (AvgIpc) is 2.40. The van der Waals surface area contributed by atoms with Crippen LogP contribution in [0.2, 0.25) is 0 Å². The number of rotatable bonds is 4. The van der Waals surface area contributed by atoms with Crippen LogP contribution in [0.15, 0.2) is 48.5 Å². The Hall–Kier alpha value is -1.96. The normalized spacial score (nSPS) is 10.3. The van der Waals surface area contributed by atoms with Crippen LogP contribution in [0.5, 0.6) is 0 Å². The summed E-state index contributed by atoms with van der Waals surface area (Å²) in [5.74, 6) is 0. The van der Waals surface area contributed by atoms with E-state index in [-0.39, 0.29) is 0 Å². The summed E-state index contributed by atoms with van der Waals surface area (Å²) < 4.78 is 0. The first-order valence-electron chi connectivity index (χ1n) is 6.35. The number of nitrogen functional groups attached to an aromatic ring is 1. The standard InChI is InChI=1S/C16H20N2/c1-3-18(12-14-7-5-4-6-8-14)16-11-15(17)10-9-13(16)2/h4-11H,3,12,17H2,1-2H3. The molecule has 2 heteroatoms. The third kappa shape index (κ3) is 2.83. The van der Waals surface area contributed by atoms with Crippen molar-refractivity contribution in [2.45, 2.75) is 20.4 Å². The van der Waals surface area contributed by atoms with Gasteiger partial charge >= 0.3 is 0 Å². The van der Waals surface area contributed by atoms with E-state index in [0.717, 1.165) is 18.8 Å². The van der Waals surface area contributed by atoms with Crippen LogP contribution in [0.3, 0.4) is 0 Å². The number of hydrogen-bond donors (Lipinski definition) is 1. The van der Waals surface area contributed by atoms with Gasteiger partial charge in [0.15, 0.2) is 0 Å². The van der Waals surface area contributed by atoms with Gasteiger partial charge in [-0.1, -0.05) is 36.4 Å². The molecule has 94 valence electrons. The van der Waals surface area contributed by atoms with Crippen LogP contribution < -0.4 is 10.6 Å². The summed E-state index contributed by atoms with van der Waals surface area (Å²) in [5, 5.41) is 0. The summed E-state index contributed by atoms with van der Waals surface area (Å²) in [6.45, 7) is 6.19. The number of anilines is 2. The molecule has 2 aromatic rings. The second kappa shape index (κ2) is 5.58. The average molecular weight is 240 g/mol. The van der Waals surface area contributed by atoms with Crippen molar-refractivity contribution in [3.63, 3.8) is 0 Å². The van der Waals surface area contributed by atoms with Gasteiger partial charge in [0.25, 0.3) is 0 Å². The second-order valence-electron chi connectivity index (χ2n) is 4.55. The van der Waals surface area contributed by atoms with Gasteiger partial charge in [-0.25, -0.2) is 0 Å². The zero-order valence-corrected chi connectivity index (χ0v) is 11.1. The van der Waals surface area contributed by atoms with Crippen molar-refractivity contribution < 1.29 is 0 Å². The summed E-state index contributed by atoms with van der Waals surface area (Å²) in [7, 11) is 0. The van der Waals surface area contributed by atoms with Gasteiger partial charge in [-0.3, -0.25) is 0 Å².